The van der Waals surface area contributed by atoms with Crippen LogP contribution in [0.15, 0.2) is 17.0 Å². The zero-order chi connectivity index (χ0) is 12.5. The average molecular weight is 235 g/mol. The predicted molar refractivity (Wildman–Crippen MR) is 62.9 cm³/mol. The maximum absolute atomic E-state index is 6.22. The molecule has 0 aromatic carbocycles. The Balaban J connectivity index is 2.37. The number of imidazole rings is 1. The highest BCUT2D eigenvalue weighted by molar-refractivity contribution is 5.45. The zero-order valence-electron chi connectivity index (χ0n) is 10.3. The molecule has 0 atom stereocenters. The van der Waals surface area contributed by atoms with E-state index in [2.05, 4.69) is 15.1 Å². The number of hydrogen-bond acceptors (Lipinski definition) is 5. The average Bonchev–Trinajstić information content (AvgIpc) is 2.96. The van der Waals surface area contributed by atoms with Gasteiger partial charge in [0.25, 0.3) is 5.89 Å². The Bertz CT molecular complexity index is 497. The van der Waals surface area contributed by atoms with Gasteiger partial charge in [-0.05, 0) is 12.8 Å². The van der Waals surface area contributed by atoms with E-state index in [-0.39, 0.29) is 0 Å². The molecule has 0 radical (unpaired) electrons. The lowest BCUT2D eigenvalue weighted by atomic mass is 9.93. The maximum atomic E-state index is 6.22. The lowest BCUT2D eigenvalue weighted by Crippen LogP contribution is -2.36. The van der Waals surface area contributed by atoms with E-state index in [1.807, 2.05) is 25.5 Å². The third kappa shape index (κ3) is 1.95. The van der Waals surface area contributed by atoms with Crippen LogP contribution in [-0.2, 0) is 12.6 Å². The largest absolute Gasteiger partial charge is 0.332 e. The van der Waals surface area contributed by atoms with Crippen molar-refractivity contribution in [1.82, 2.24) is 19.7 Å². The fraction of sp³-hybridized carbons (Fsp3) is 0.545. The van der Waals surface area contributed by atoms with Gasteiger partial charge in [-0.1, -0.05) is 19.0 Å². The lowest BCUT2D eigenvalue weighted by molar-refractivity contribution is 0.349. The topological polar surface area (TPSA) is 82.8 Å². The lowest BCUT2D eigenvalue weighted by Gasteiger charge is -2.21. The molecule has 92 valence electrons. The second-order valence-corrected chi connectivity index (χ2v) is 4.18. The second kappa shape index (κ2) is 4.29. The highest BCUT2D eigenvalue weighted by Gasteiger charge is 2.29. The number of nitrogens with two attached hydrogens (primary N) is 1. The smallest absolute Gasteiger partial charge is 0.276 e. The van der Waals surface area contributed by atoms with E-state index in [1.165, 1.54) is 0 Å². The quantitative estimate of drug-likeness (QED) is 0.867. The van der Waals surface area contributed by atoms with Crippen LogP contribution >= 0.6 is 0 Å². The normalized spacial score (nSPS) is 12.0. The van der Waals surface area contributed by atoms with E-state index < -0.39 is 5.54 Å². The summed E-state index contributed by atoms with van der Waals surface area (Å²) in [4.78, 5) is 8.38. The van der Waals surface area contributed by atoms with Crippen LogP contribution in [0.25, 0.3) is 11.6 Å². The van der Waals surface area contributed by atoms with Crippen LogP contribution in [0.1, 0.15) is 32.5 Å². The van der Waals surface area contributed by atoms with Crippen LogP contribution in [0.3, 0.4) is 0 Å². The van der Waals surface area contributed by atoms with E-state index >= 15 is 0 Å². The first kappa shape index (κ1) is 11.8. The number of nitrogens with zero attached hydrogens (tertiary/aromatic N) is 4. The van der Waals surface area contributed by atoms with Crippen molar-refractivity contribution >= 4 is 0 Å². The van der Waals surface area contributed by atoms with Gasteiger partial charge in [0.05, 0.1) is 18.1 Å². The first-order valence-electron chi connectivity index (χ1n) is 5.70. The van der Waals surface area contributed by atoms with Gasteiger partial charge in [-0.2, -0.15) is 4.98 Å². The second-order valence-electron chi connectivity index (χ2n) is 4.18. The Hall–Kier alpha value is -1.69. The van der Waals surface area contributed by atoms with Gasteiger partial charge in [0.15, 0.2) is 5.82 Å². The monoisotopic (exact) mass is 235 g/mol. The molecular weight excluding hydrogens is 218 g/mol. The Labute approximate surface area is 99.8 Å². The molecule has 2 heterocycles. The molecule has 0 aliphatic heterocycles. The molecule has 0 aliphatic carbocycles. The fourth-order valence-corrected chi connectivity index (χ4v) is 1.66. The molecular formula is C11H17N5O. The van der Waals surface area contributed by atoms with Crippen molar-refractivity contribution in [3.63, 3.8) is 0 Å². The molecule has 2 aromatic heterocycles. The minimum atomic E-state index is -0.514. The van der Waals surface area contributed by atoms with Crippen LogP contribution in [0.2, 0.25) is 0 Å². The number of aromatic nitrogens is 4. The van der Waals surface area contributed by atoms with Crippen molar-refractivity contribution in [2.24, 2.45) is 12.8 Å². The highest BCUT2D eigenvalue weighted by atomic mass is 16.5. The van der Waals surface area contributed by atoms with E-state index in [0.29, 0.717) is 11.7 Å². The predicted octanol–water partition coefficient (Wildman–Crippen LogP) is 1.44. The standard InChI is InChI=1S/C11H17N5O/c1-4-11(12,5-2)10-14-9(17-15-10)8-6-13-7-16(8)3/h6-7H,4-5,12H2,1-3H3. The van der Waals surface area contributed by atoms with Crippen molar-refractivity contribution in [1.29, 1.82) is 0 Å². The molecule has 0 bridgehead atoms. The summed E-state index contributed by atoms with van der Waals surface area (Å²) in [5.41, 5.74) is 6.49. The number of rotatable bonds is 4. The summed E-state index contributed by atoms with van der Waals surface area (Å²) >= 11 is 0. The minimum Gasteiger partial charge on any atom is -0.332 e. The zero-order valence-corrected chi connectivity index (χ0v) is 10.3. The Morgan fingerprint density at radius 1 is 1.41 bits per heavy atom. The van der Waals surface area contributed by atoms with E-state index in [0.717, 1.165) is 18.5 Å². The summed E-state index contributed by atoms with van der Waals surface area (Å²) in [5, 5.41) is 3.97. The summed E-state index contributed by atoms with van der Waals surface area (Å²) in [6.07, 6.45) is 4.92. The molecule has 2 aromatic rings. The molecule has 6 heteroatoms. The first-order chi connectivity index (χ1) is 8.10. The Morgan fingerprint density at radius 3 is 2.65 bits per heavy atom. The van der Waals surface area contributed by atoms with Gasteiger partial charge in [0.2, 0.25) is 0 Å². The van der Waals surface area contributed by atoms with Crippen LogP contribution in [0, 0.1) is 0 Å². The van der Waals surface area contributed by atoms with Crippen LogP contribution in [-0.4, -0.2) is 19.7 Å². The van der Waals surface area contributed by atoms with Crippen molar-refractivity contribution in [2.75, 3.05) is 0 Å². The van der Waals surface area contributed by atoms with Crippen LogP contribution < -0.4 is 5.73 Å². The minimum absolute atomic E-state index is 0.455. The van der Waals surface area contributed by atoms with Crippen LogP contribution in [0.5, 0.6) is 0 Å². The van der Waals surface area contributed by atoms with Gasteiger partial charge in [0, 0.05) is 7.05 Å². The molecule has 0 fully saturated rings. The summed E-state index contributed by atoms with van der Waals surface area (Å²) in [7, 11) is 1.88. The Morgan fingerprint density at radius 2 is 2.12 bits per heavy atom. The Kier molecular flexibility index (Phi) is 2.97. The third-order valence-electron chi connectivity index (χ3n) is 3.17. The van der Waals surface area contributed by atoms with Gasteiger partial charge in [-0.25, -0.2) is 4.98 Å². The van der Waals surface area contributed by atoms with Crippen molar-refractivity contribution < 1.29 is 4.52 Å². The fourth-order valence-electron chi connectivity index (χ4n) is 1.66. The maximum Gasteiger partial charge on any atom is 0.276 e. The SMILES string of the molecule is CCC(N)(CC)c1noc(-c2cncn2C)n1. The van der Waals surface area contributed by atoms with Crippen molar-refractivity contribution in [3.8, 4) is 11.6 Å². The molecule has 2 N–H and O–H groups in total. The number of hydrogen-bond donors (Lipinski definition) is 1. The first-order valence-corrected chi connectivity index (χ1v) is 5.70. The molecule has 0 saturated heterocycles. The van der Waals surface area contributed by atoms with Gasteiger partial charge in [-0.15, -0.1) is 0 Å². The van der Waals surface area contributed by atoms with E-state index in [1.54, 1.807) is 12.5 Å². The van der Waals surface area contributed by atoms with Gasteiger partial charge in [-0.3, -0.25) is 0 Å². The highest BCUT2D eigenvalue weighted by Crippen LogP contribution is 2.25. The van der Waals surface area contributed by atoms with E-state index in [4.69, 9.17) is 10.3 Å². The summed E-state index contributed by atoms with van der Waals surface area (Å²) in [6.45, 7) is 4.03. The molecule has 0 spiro atoms. The molecule has 0 aliphatic rings. The summed E-state index contributed by atoms with van der Waals surface area (Å²) in [6, 6.07) is 0. The van der Waals surface area contributed by atoms with Crippen molar-refractivity contribution in [3.05, 3.63) is 18.3 Å². The van der Waals surface area contributed by atoms with Gasteiger partial charge in [0.1, 0.15) is 5.69 Å². The van der Waals surface area contributed by atoms with Gasteiger partial charge < -0.3 is 14.8 Å². The summed E-state index contributed by atoms with van der Waals surface area (Å²) in [5.74, 6) is 1.01. The van der Waals surface area contributed by atoms with Gasteiger partial charge >= 0.3 is 0 Å². The van der Waals surface area contributed by atoms with E-state index in [9.17, 15) is 0 Å². The molecule has 6 nitrogen and oxygen atoms in total. The molecule has 2 rings (SSSR count). The van der Waals surface area contributed by atoms with Crippen molar-refractivity contribution in [2.45, 2.75) is 32.2 Å². The molecule has 0 amide bonds. The molecule has 0 unspecified atom stereocenters. The number of aryl methyl sites for hydroxylation is 1. The third-order valence-corrected chi connectivity index (χ3v) is 3.17. The molecule has 0 saturated carbocycles. The summed E-state index contributed by atoms with van der Waals surface area (Å²) < 4.78 is 7.06. The molecule has 17 heavy (non-hydrogen) atoms. The van der Waals surface area contributed by atoms with Crippen LogP contribution in [0.4, 0.5) is 0 Å².